The number of piperidine rings is 2. The largest absolute Gasteiger partial charge is 0.372 e. The highest BCUT2D eigenvalue weighted by Crippen LogP contribution is 2.37. The van der Waals surface area contributed by atoms with Gasteiger partial charge >= 0.3 is 10.2 Å². The number of nitrogens with one attached hydrogen (secondary N) is 2. The Kier molecular flexibility index (Phi) is 11.7. The Labute approximate surface area is 357 Å². The van der Waals surface area contributed by atoms with Crippen LogP contribution in [0.3, 0.4) is 0 Å². The van der Waals surface area contributed by atoms with Gasteiger partial charge in [0.05, 0.1) is 23.5 Å². The molecule has 0 aliphatic carbocycles. The van der Waals surface area contributed by atoms with Crippen LogP contribution in [-0.2, 0) is 19.8 Å². The number of halogens is 3. The monoisotopic (exact) mass is 868 g/mol. The molecule has 7 heterocycles. The second kappa shape index (κ2) is 17.5. The van der Waals surface area contributed by atoms with Crippen LogP contribution in [0.15, 0.2) is 85.5 Å². The molecule has 2 aromatic carbocycles. The average molecular weight is 869 g/mol. The number of imide groups is 1. The molecule has 324 valence electrons. The van der Waals surface area contributed by atoms with Crippen molar-refractivity contribution >= 4 is 39.1 Å². The molecule has 0 unspecified atom stereocenters. The van der Waals surface area contributed by atoms with Crippen molar-refractivity contribution in [3.63, 3.8) is 0 Å². The fraction of sp³-hybridized carbons (Fsp3) is 0.386. The van der Waals surface area contributed by atoms with Crippen molar-refractivity contribution in [3.05, 3.63) is 103 Å². The zero-order valence-corrected chi connectivity index (χ0v) is 34.8. The summed E-state index contributed by atoms with van der Waals surface area (Å²) < 4.78 is 75.6. The second-order valence-corrected chi connectivity index (χ2v) is 18.1. The minimum absolute atomic E-state index is 0.0238. The molecule has 2 atom stereocenters. The van der Waals surface area contributed by atoms with Crippen molar-refractivity contribution in [2.75, 3.05) is 73.4 Å². The number of anilines is 3. The molecule has 9 rings (SSSR count). The standard InChI is InChI=1S/C44H47F3N10O4S/c45-32-13-18-56(27-32)62(60,61)52-39-24-33(46)23-37(42(39)47)38-28-57(51-43(38)31-9-14-48-15-10-31)40-7-5-35(25-49-40)55-21-19-53(20-22-55)26-29-11-16-54(17-12-29)34-3-1-30(2-4-34)36-6-8-41(58)50-44(36)59/h1-5,7,9-10,14-15,23-25,28-29,32,36,52H,6,8,11-13,16-22,26-27H2,(H,50,58,59)/t32-,36-/m1/s1. The third kappa shape index (κ3) is 8.89. The summed E-state index contributed by atoms with van der Waals surface area (Å²) in [5.74, 6) is -1.53. The summed E-state index contributed by atoms with van der Waals surface area (Å²) in [5.41, 5.74) is 3.32. The molecule has 0 spiro atoms. The second-order valence-electron chi connectivity index (χ2n) is 16.4. The van der Waals surface area contributed by atoms with Crippen molar-refractivity contribution in [2.24, 2.45) is 5.92 Å². The Balaban J connectivity index is 0.825. The first-order valence-corrected chi connectivity index (χ1v) is 22.4. The highest BCUT2D eigenvalue weighted by atomic mass is 32.2. The van der Waals surface area contributed by atoms with Crippen LogP contribution in [0.4, 0.5) is 30.2 Å². The van der Waals surface area contributed by atoms with Gasteiger partial charge in [0.2, 0.25) is 11.8 Å². The molecule has 4 saturated heterocycles. The van der Waals surface area contributed by atoms with Gasteiger partial charge in [-0.3, -0.25) is 29.5 Å². The molecule has 0 radical (unpaired) electrons. The molecule has 0 saturated carbocycles. The highest BCUT2D eigenvalue weighted by Gasteiger charge is 2.33. The third-order valence-electron chi connectivity index (χ3n) is 12.4. The van der Waals surface area contributed by atoms with Gasteiger partial charge in [0.15, 0.2) is 11.6 Å². The fourth-order valence-corrected chi connectivity index (χ4v) is 10.2. The number of amides is 2. The van der Waals surface area contributed by atoms with Crippen molar-refractivity contribution in [3.8, 4) is 28.2 Å². The lowest BCUT2D eigenvalue weighted by molar-refractivity contribution is -0.134. The fourth-order valence-electron chi connectivity index (χ4n) is 8.94. The van der Waals surface area contributed by atoms with Crippen LogP contribution >= 0.6 is 0 Å². The number of hydrogen-bond acceptors (Lipinski definition) is 10. The van der Waals surface area contributed by atoms with Gasteiger partial charge in [-0.2, -0.15) is 17.8 Å². The van der Waals surface area contributed by atoms with Crippen LogP contribution in [0.2, 0.25) is 0 Å². The zero-order valence-electron chi connectivity index (χ0n) is 34.0. The van der Waals surface area contributed by atoms with E-state index in [2.05, 4.69) is 41.9 Å². The van der Waals surface area contributed by atoms with Gasteiger partial charge < -0.3 is 9.80 Å². The minimum Gasteiger partial charge on any atom is -0.372 e. The molecule has 18 heteroatoms. The van der Waals surface area contributed by atoms with E-state index in [0.717, 1.165) is 92.0 Å². The molecule has 2 amide bonds. The molecule has 4 fully saturated rings. The number of alkyl halides is 1. The molecule has 5 aromatic rings. The van der Waals surface area contributed by atoms with Gasteiger partial charge in [-0.25, -0.2) is 22.8 Å². The lowest BCUT2D eigenvalue weighted by atomic mass is 9.90. The summed E-state index contributed by atoms with van der Waals surface area (Å²) in [6.45, 7) is 6.10. The maximum Gasteiger partial charge on any atom is 0.301 e. The Hall–Kier alpha value is -5.85. The quantitative estimate of drug-likeness (QED) is 0.162. The first-order valence-electron chi connectivity index (χ1n) is 21.0. The van der Waals surface area contributed by atoms with E-state index in [4.69, 9.17) is 10.1 Å². The molecule has 0 bridgehead atoms. The highest BCUT2D eigenvalue weighted by molar-refractivity contribution is 7.90. The molecular formula is C44H47F3N10O4S. The van der Waals surface area contributed by atoms with Gasteiger partial charge in [-0.15, -0.1) is 0 Å². The number of benzene rings is 2. The normalized spacial score (nSPS) is 20.8. The summed E-state index contributed by atoms with van der Waals surface area (Å²) in [4.78, 5) is 39.9. The predicted octanol–water partition coefficient (Wildman–Crippen LogP) is 5.53. The maximum absolute atomic E-state index is 16.2. The number of nitrogens with zero attached hydrogens (tertiary/aromatic N) is 8. The zero-order chi connectivity index (χ0) is 43.0. The topological polar surface area (TPSA) is 149 Å². The number of hydrogen-bond donors (Lipinski definition) is 2. The third-order valence-corrected chi connectivity index (χ3v) is 13.9. The Morgan fingerprint density at radius 1 is 0.806 bits per heavy atom. The van der Waals surface area contributed by atoms with Crippen molar-refractivity contribution in [1.82, 2.24) is 34.3 Å². The molecule has 3 aromatic heterocycles. The van der Waals surface area contributed by atoms with Gasteiger partial charge in [0.1, 0.15) is 17.7 Å². The van der Waals surface area contributed by atoms with E-state index >= 15 is 8.78 Å². The van der Waals surface area contributed by atoms with E-state index in [-0.39, 0.29) is 48.4 Å². The summed E-state index contributed by atoms with van der Waals surface area (Å²) in [6.07, 6.45) is 8.23. The minimum atomic E-state index is -4.35. The SMILES string of the molecule is O=C1CC[C@H](c2ccc(N3CCC(CN4CCN(c5ccc(-n6cc(-c7cc(F)cc(NS(=O)(=O)N8CC[C@@H](F)C8)c7F)c(-c7ccncc7)n6)nc5)CC4)CC3)cc2)C(=O)N1. The number of carbonyl (C=O) groups is 2. The lowest BCUT2D eigenvalue weighted by Crippen LogP contribution is -2.49. The van der Waals surface area contributed by atoms with E-state index < -0.39 is 33.7 Å². The van der Waals surface area contributed by atoms with Gasteiger partial charge in [0.25, 0.3) is 0 Å². The maximum atomic E-state index is 16.2. The van der Waals surface area contributed by atoms with Crippen molar-refractivity contribution < 1.29 is 31.2 Å². The number of carbonyl (C=O) groups excluding carboxylic acids is 2. The Bertz CT molecular complexity index is 2530. The number of pyridine rings is 2. The first kappa shape index (κ1) is 41.5. The summed E-state index contributed by atoms with van der Waals surface area (Å²) in [6, 6.07) is 17.1. The van der Waals surface area contributed by atoms with E-state index in [9.17, 15) is 22.4 Å². The van der Waals surface area contributed by atoms with Crippen LogP contribution in [0.1, 0.15) is 43.6 Å². The number of rotatable bonds is 11. The van der Waals surface area contributed by atoms with Crippen LogP contribution in [0, 0.1) is 17.6 Å². The van der Waals surface area contributed by atoms with Gasteiger partial charge in [0, 0.05) is 112 Å². The van der Waals surface area contributed by atoms with E-state index in [1.165, 1.54) is 10.9 Å². The number of piperazine rings is 1. The van der Waals surface area contributed by atoms with E-state index in [1.54, 1.807) is 30.7 Å². The summed E-state index contributed by atoms with van der Waals surface area (Å²) >= 11 is 0. The summed E-state index contributed by atoms with van der Waals surface area (Å²) in [7, 11) is -4.35. The predicted molar refractivity (Wildman–Crippen MR) is 229 cm³/mol. The van der Waals surface area contributed by atoms with Crippen LogP contribution < -0.4 is 19.8 Å². The summed E-state index contributed by atoms with van der Waals surface area (Å²) in [5, 5.41) is 7.18. The van der Waals surface area contributed by atoms with E-state index in [0.29, 0.717) is 35.8 Å². The smallest absolute Gasteiger partial charge is 0.301 e. The van der Waals surface area contributed by atoms with Gasteiger partial charge in [-0.05, 0) is 79.6 Å². The molecule has 4 aliphatic heterocycles. The lowest BCUT2D eigenvalue weighted by Gasteiger charge is -2.40. The van der Waals surface area contributed by atoms with E-state index in [1.807, 2.05) is 24.3 Å². The van der Waals surface area contributed by atoms with Crippen molar-refractivity contribution in [2.45, 2.75) is 44.2 Å². The molecular weight excluding hydrogens is 822 g/mol. The first-order chi connectivity index (χ1) is 30.0. The van der Waals surface area contributed by atoms with Crippen molar-refractivity contribution in [1.29, 1.82) is 0 Å². The van der Waals surface area contributed by atoms with Crippen LogP contribution in [-0.4, -0.2) is 114 Å². The molecule has 14 nitrogen and oxygen atoms in total. The number of aromatic nitrogens is 4. The molecule has 2 N–H and O–H groups in total. The average Bonchev–Trinajstić information content (AvgIpc) is 3.94. The van der Waals surface area contributed by atoms with Crippen LogP contribution in [0.5, 0.6) is 0 Å². The van der Waals surface area contributed by atoms with Crippen LogP contribution in [0.25, 0.3) is 28.2 Å². The Morgan fingerprint density at radius 2 is 1.53 bits per heavy atom. The molecule has 62 heavy (non-hydrogen) atoms. The van der Waals surface area contributed by atoms with Gasteiger partial charge in [-0.1, -0.05) is 12.1 Å². The molecule has 4 aliphatic rings. The Morgan fingerprint density at radius 3 is 2.21 bits per heavy atom.